The Kier molecular flexibility index (Phi) is 5.31. The number of aromatic nitrogens is 3. The highest BCUT2D eigenvalue weighted by Crippen LogP contribution is 2.39. The SMILES string of the molecule is COc1cc(-c2cnc(N3CCC(CO)CC3)c(C(F)(F)F)c2)cn2cc(C)nc12. The lowest BCUT2D eigenvalue weighted by Crippen LogP contribution is -2.36. The molecule has 0 amide bonds. The predicted octanol–water partition coefficient (Wildman–Crippen LogP) is 3.94. The molecule has 9 heteroatoms. The van der Waals surface area contributed by atoms with Gasteiger partial charge in [-0.2, -0.15) is 13.2 Å². The van der Waals surface area contributed by atoms with E-state index in [0.29, 0.717) is 48.5 Å². The van der Waals surface area contributed by atoms with Crippen LogP contribution >= 0.6 is 0 Å². The smallest absolute Gasteiger partial charge is 0.419 e. The molecule has 1 fully saturated rings. The number of rotatable bonds is 4. The van der Waals surface area contributed by atoms with Crippen molar-refractivity contribution < 1.29 is 23.0 Å². The molecule has 0 bridgehead atoms. The van der Waals surface area contributed by atoms with Gasteiger partial charge in [-0.25, -0.2) is 9.97 Å². The van der Waals surface area contributed by atoms with Gasteiger partial charge < -0.3 is 19.1 Å². The highest BCUT2D eigenvalue weighted by atomic mass is 19.4. The Morgan fingerprint density at radius 1 is 1.17 bits per heavy atom. The highest BCUT2D eigenvalue weighted by molar-refractivity contribution is 5.71. The molecule has 0 saturated carbocycles. The standard InChI is InChI=1S/C21H23F3N4O2/c1-13-10-28-11-16(8-18(30-2)20(28)26-13)15-7-17(21(22,23)24)19(25-9-15)27-5-3-14(12-29)4-6-27/h7-11,14,29H,3-6,12H2,1-2H3. The number of hydrogen-bond donors (Lipinski definition) is 1. The van der Waals surface area contributed by atoms with Gasteiger partial charge in [0.1, 0.15) is 5.82 Å². The van der Waals surface area contributed by atoms with Crippen LogP contribution in [-0.2, 0) is 6.18 Å². The molecule has 0 aromatic carbocycles. The van der Waals surface area contributed by atoms with Gasteiger partial charge in [-0.3, -0.25) is 0 Å². The lowest BCUT2D eigenvalue weighted by atomic mass is 9.97. The van der Waals surface area contributed by atoms with Crippen molar-refractivity contribution in [2.75, 3.05) is 31.7 Å². The third kappa shape index (κ3) is 3.81. The Hall–Kier alpha value is -2.81. The number of halogens is 3. The summed E-state index contributed by atoms with van der Waals surface area (Å²) in [6.07, 6.45) is 1.73. The summed E-state index contributed by atoms with van der Waals surface area (Å²) in [5.41, 5.74) is 1.53. The molecule has 4 heterocycles. The molecule has 0 atom stereocenters. The third-order valence-electron chi connectivity index (χ3n) is 5.54. The van der Waals surface area contributed by atoms with Gasteiger partial charge >= 0.3 is 6.18 Å². The maximum Gasteiger partial charge on any atom is 0.419 e. The molecular weight excluding hydrogens is 397 g/mol. The summed E-state index contributed by atoms with van der Waals surface area (Å²) in [6.45, 7) is 2.78. The van der Waals surface area contributed by atoms with Gasteiger partial charge in [0, 0.05) is 49.4 Å². The van der Waals surface area contributed by atoms with Crippen LogP contribution in [0.5, 0.6) is 5.75 Å². The average molecular weight is 420 g/mol. The van der Waals surface area contributed by atoms with Crippen LogP contribution in [0.3, 0.4) is 0 Å². The maximum atomic E-state index is 13.9. The summed E-state index contributed by atoms with van der Waals surface area (Å²) < 4.78 is 48.8. The number of ether oxygens (including phenoxy) is 1. The monoisotopic (exact) mass is 420 g/mol. The van der Waals surface area contributed by atoms with Gasteiger partial charge in [0.05, 0.1) is 18.4 Å². The van der Waals surface area contributed by atoms with Gasteiger partial charge in [-0.05, 0) is 37.8 Å². The van der Waals surface area contributed by atoms with Crippen LogP contribution in [0.15, 0.2) is 30.7 Å². The number of methoxy groups -OCH3 is 1. The average Bonchev–Trinajstić information content (AvgIpc) is 3.12. The number of pyridine rings is 2. The number of aryl methyl sites for hydroxylation is 1. The number of anilines is 1. The Labute approximate surface area is 171 Å². The van der Waals surface area contributed by atoms with E-state index in [1.165, 1.54) is 13.3 Å². The van der Waals surface area contributed by atoms with Crippen molar-refractivity contribution in [1.29, 1.82) is 0 Å². The summed E-state index contributed by atoms with van der Waals surface area (Å²) in [4.78, 5) is 10.3. The van der Waals surface area contributed by atoms with Crippen LogP contribution in [0, 0.1) is 12.8 Å². The zero-order valence-corrected chi connectivity index (χ0v) is 16.8. The molecule has 30 heavy (non-hydrogen) atoms. The van der Waals surface area contributed by atoms with Crippen molar-refractivity contribution in [3.8, 4) is 16.9 Å². The molecule has 3 aromatic rings. The van der Waals surface area contributed by atoms with Crippen LogP contribution in [0.4, 0.5) is 19.0 Å². The molecule has 1 N–H and O–H groups in total. The zero-order valence-electron chi connectivity index (χ0n) is 16.8. The van der Waals surface area contributed by atoms with E-state index in [4.69, 9.17) is 4.74 Å². The largest absolute Gasteiger partial charge is 0.493 e. The summed E-state index contributed by atoms with van der Waals surface area (Å²) in [7, 11) is 1.50. The van der Waals surface area contributed by atoms with Crippen molar-refractivity contribution in [3.05, 3.63) is 42.0 Å². The predicted molar refractivity (Wildman–Crippen MR) is 107 cm³/mol. The van der Waals surface area contributed by atoms with E-state index in [-0.39, 0.29) is 18.3 Å². The molecule has 1 aliphatic heterocycles. The first-order valence-corrected chi connectivity index (χ1v) is 9.77. The van der Waals surface area contributed by atoms with Gasteiger partial charge in [-0.1, -0.05) is 0 Å². The minimum absolute atomic E-state index is 0.0599. The molecule has 6 nitrogen and oxygen atoms in total. The molecule has 3 aromatic heterocycles. The lowest BCUT2D eigenvalue weighted by Gasteiger charge is -2.33. The van der Waals surface area contributed by atoms with E-state index in [2.05, 4.69) is 9.97 Å². The second-order valence-electron chi connectivity index (χ2n) is 7.62. The van der Waals surface area contributed by atoms with Gasteiger partial charge in [0.2, 0.25) is 0 Å². The first-order valence-electron chi connectivity index (χ1n) is 9.77. The molecule has 1 saturated heterocycles. The summed E-state index contributed by atoms with van der Waals surface area (Å²) >= 11 is 0. The maximum absolute atomic E-state index is 13.9. The second kappa shape index (κ2) is 7.79. The van der Waals surface area contributed by atoms with Crippen molar-refractivity contribution >= 4 is 11.5 Å². The van der Waals surface area contributed by atoms with E-state index in [0.717, 1.165) is 11.8 Å². The van der Waals surface area contributed by atoms with E-state index >= 15 is 0 Å². The van der Waals surface area contributed by atoms with Crippen LogP contribution in [0.1, 0.15) is 24.1 Å². The van der Waals surface area contributed by atoms with Gasteiger partial charge in [-0.15, -0.1) is 0 Å². The van der Waals surface area contributed by atoms with Crippen molar-refractivity contribution in [1.82, 2.24) is 14.4 Å². The highest BCUT2D eigenvalue weighted by Gasteiger charge is 2.37. The van der Waals surface area contributed by atoms with E-state index in [9.17, 15) is 18.3 Å². The molecule has 0 spiro atoms. The Morgan fingerprint density at radius 2 is 1.90 bits per heavy atom. The molecule has 0 unspecified atom stereocenters. The first-order chi connectivity index (χ1) is 14.3. The fourth-order valence-corrected chi connectivity index (χ4v) is 3.90. The van der Waals surface area contributed by atoms with Crippen LogP contribution in [0.2, 0.25) is 0 Å². The van der Waals surface area contributed by atoms with Crippen molar-refractivity contribution in [3.63, 3.8) is 0 Å². The summed E-state index contributed by atoms with van der Waals surface area (Å²) in [5.74, 6) is 0.547. The second-order valence-corrected chi connectivity index (χ2v) is 7.62. The third-order valence-corrected chi connectivity index (χ3v) is 5.54. The number of aliphatic hydroxyl groups is 1. The number of fused-ring (bicyclic) bond motifs is 1. The number of nitrogens with zero attached hydrogens (tertiary/aromatic N) is 4. The fourth-order valence-electron chi connectivity index (χ4n) is 3.90. The van der Waals surface area contributed by atoms with Crippen molar-refractivity contribution in [2.45, 2.75) is 25.9 Å². The number of hydrogen-bond acceptors (Lipinski definition) is 5. The molecule has 0 radical (unpaired) electrons. The van der Waals surface area contributed by atoms with E-state index in [1.807, 2.05) is 6.92 Å². The van der Waals surface area contributed by atoms with Gasteiger partial charge in [0.25, 0.3) is 0 Å². The summed E-state index contributed by atoms with van der Waals surface area (Å²) in [6, 6.07) is 2.82. The first kappa shape index (κ1) is 20.5. The number of aliphatic hydroxyl groups excluding tert-OH is 1. The Bertz CT molecular complexity index is 1060. The molecular formula is C21H23F3N4O2. The lowest BCUT2D eigenvalue weighted by molar-refractivity contribution is -0.137. The van der Waals surface area contributed by atoms with Crippen molar-refractivity contribution in [2.24, 2.45) is 5.92 Å². The summed E-state index contributed by atoms with van der Waals surface area (Å²) in [5, 5.41) is 9.28. The Balaban J connectivity index is 1.76. The quantitative estimate of drug-likeness (QED) is 0.693. The normalized spacial score (nSPS) is 15.7. The number of imidazole rings is 1. The molecule has 4 rings (SSSR count). The molecule has 1 aliphatic rings. The minimum atomic E-state index is -4.54. The minimum Gasteiger partial charge on any atom is -0.493 e. The van der Waals surface area contributed by atoms with Gasteiger partial charge in [0.15, 0.2) is 11.4 Å². The number of alkyl halides is 3. The number of piperidine rings is 1. The fraction of sp³-hybridized carbons (Fsp3) is 0.429. The zero-order chi connectivity index (χ0) is 21.5. The van der Waals surface area contributed by atoms with E-state index < -0.39 is 11.7 Å². The van der Waals surface area contributed by atoms with Crippen LogP contribution in [-0.4, -0.2) is 46.3 Å². The Morgan fingerprint density at radius 3 is 2.53 bits per heavy atom. The van der Waals surface area contributed by atoms with E-state index in [1.54, 1.807) is 27.8 Å². The van der Waals surface area contributed by atoms with Crippen LogP contribution in [0.25, 0.3) is 16.8 Å². The van der Waals surface area contributed by atoms with Crippen LogP contribution < -0.4 is 9.64 Å². The topological polar surface area (TPSA) is 62.9 Å². The molecule has 160 valence electrons. The molecule has 0 aliphatic carbocycles.